The van der Waals surface area contributed by atoms with Gasteiger partial charge in [0.05, 0.1) is 23.9 Å². The Balaban J connectivity index is 1.46. The van der Waals surface area contributed by atoms with Gasteiger partial charge in [0.15, 0.2) is 5.11 Å². The quantitative estimate of drug-likeness (QED) is 0.682. The number of amides is 1. The average Bonchev–Trinajstić information content (AvgIpc) is 3.11. The number of anilines is 1. The van der Waals surface area contributed by atoms with Crippen LogP contribution in [0.3, 0.4) is 0 Å². The lowest BCUT2D eigenvalue weighted by molar-refractivity contribution is -0.137. The molecule has 1 amide bonds. The van der Waals surface area contributed by atoms with E-state index < -0.39 is 17.6 Å². The summed E-state index contributed by atoms with van der Waals surface area (Å²) in [6.45, 7) is 4.24. The van der Waals surface area contributed by atoms with Crippen LogP contribution in [0, 0.1) is 0 Å². The number of para-hydroxylation sites is 1. The highest BCUT2D eigenvalue weighted by Gasteiger charge is 2.33. The maximum atomic E-state index is 13.1. The van der Waals surface area contributed by atoms with Gasteiger partial charge in [-0.1, -0.05) is 12.1 Å². The normalized spacial score (nSPS) is 20.6. The zero-order valence-corrected chi connectivity index (χ0v) is 17.5. The number of thiocarbonyl (C=S) groups is 1. The molecule has 0 bridgehead atoms. The van der Waals surface area contributed by atoms with E-state index in [0.717, 1.165) is 38.5 Å². The second-order valence-corrected chi connectivity index (χ2v) is 7.92. The molecule has 0 aromatic heterocycles. The molecular formula is C20H27F3N4O2S. The molecule has 6 nitrogen and oxygen atoms in total. The highest BCUT2D eigenvalue weighted by Crippen LogP contribution is 2.34. The molecule has 1 unspecified atom stereocenters. The molecule has 1 aromatic rings. The van der Waals surface area contributed by atoms with E-state index in [4.69, 9.17) is 17.0 Å². The Labute approximate surface area is 179 Å². The van der Waals surface area contributed by atoms with Gasteiger partial charge in [-0.15, -0.1) is 0 Å². The molecule has 2 heterocycles. The minimum Gasteiger partial charge on any atom is -0.376 e. The molecule has 2 fully saturated rings. The number of hydrogen-bond acceptors (Lipinski definition) is 4. The largest absolute Gasteiger partial charge is 0.418 e. The Morgan fingerprint density at radius 3 is 2.70 bits per heavy atom. The van der Waals surface area contributed by atoms with E-state index in [-0.39, 0.29) is 18.3 Å². The summed E-state index contributed by atoms with van der Waals surface area (Å²) in [5.41, 5.74) is -1.06. The molecule has 2 N–H and O–H groups in total. The number of ether oxygens (including phenoxy) is 1. The van der Waals surface area contributed by atoms with Gasteiger partial charge in [-0.05, 0) is 43.6 Å². The second kappa shape index (κ2) is 10.4. The van der Waals surface area contributed by atoms with Crippen molar-refractivity contribution in [1.82, 2.24) is 15.1 Å². The van der Waals surface area contributed by atoms with Crippen LogP contribution >= 0.6 is 12.2 Å². The maximum Gasteiger partial charge on any atom is 0.418 e. The maximum absolute atomic E-state index is 13.1. The number of hydrogen-bond donors (Lipinski definition) is 2. The van der Waals surface area contributed by atoms with Gasteiger partial charge in [0, 0.05) is 39.3 Å². The van der Waals surface area contributed by atoms with E-state index in [1.54, 1.807) is 0 Å². The van der Waals surface area contributed by atoms with Crippen molar-refractivity contribution in [3.05, 3.63) is 29.8 Å². The molecule has 0 saturated carbocycles. The molecule has 0 aliphatic carbocycles. The van der Waals surface area contributed by atoms with Crippen molar-refractivity contribution in [2.45, 2.75) is 31.5 Å². The van der Waals surface area contributed by atoms with Crippen LogP contribution in [0.2, 0.25) is 0 Å². The van der Waals surface area contributed by atoms with Gasteiger partial charge in [-0.25, -0.2) is 0 Å². The smallest absolute Gasteiger partial charge is 0.376 e. The van der Waals surface area contributed by atoms with E-state index in [2.05, 4.69) is 15.5 Å². The third-order valence-electron chi connectivity index (χ3n) is 5.25. The first-order valence-electron chi connectivity index (χ1n) is 10.2. The van der Waals surface area contributed by atoms with E-state index in [1.807, 2.05) is 4.90 Å². The average molecular weight is 445 g/mol. The van der Waals surface area contributed by atoms with Crippen molar-refractivity contribution < 1.29 is 22.7 Å². The van der Waals surface area contributed by atoms with E-state index in [1.165, 1.54) is 18.2 Å². The lowest BCUT2D eigenvalue weighted by atomic mass is 10.1. The Hall–Kier alpha value is -1.91. The summed E-state index contributed by atoms with van der Waals surface area (Å²) < 4.78 is 44.9. The summed E-state index contributed by atoms with van der Waals surface area (Å²) in [6, 6.07) is 5.00. The molecule has 0 radical (unpaired) electrons. The van der Waals surface area contributed by atoms with Gasteiger partial charge in [0.25, 0.3) is 0 Å². The van der Waals surface area contributed by atoms with Crippen molar-refractivity contribution in [2.24, 2.45) is 0 Å². The van der Waals surface area contributed by atoms with Gasteiger partial charge in [-0.3, -0.25) is 9.69 Å². The van der Waals surface area contributed by atoms with Crippen molar-refractivity contribution in [3.8, 4) is 0 Å². The number of carbonyl (C=O) groups is 1. The number of benzene rings is 1. The molecule has 0 spiro atoms. The topological polar surface area (TPSA) is 56.8 Å². The molecule has 2 saturated heterocycles. The second-order valence-electron chi connectivity index (χ2n) is 7.53. The predicted octanol–water partition coefficient (Wildman–Crippen LogP) is 2.71. The fourth-order valence-corrected chi connectivity index (χ4v) is 3.95. The Morgan fingerprint density at radius 2 is 1.97 bits per heavy atom. The first-order chi connectivity index (χ1) is 14.3. The lowest BCUT2D eigenvalue weighted by Crippen LogP contribution is -2.44. The zero-order chi connectivity index (χ0) is 21.6. The third kappa shape index (κ3) is 6.55. The van der Waals surface area contributed by atoms with E-state index in [9.17, 15) is 18.0 Å². The highest BCUT2D eigenvalue weighted by molar-refractivity contribution is 7.80. The van der Waals surface area contributed by atoms with Gasteiger partial charge < -0.3 is 20.3 Å². The highest BCUT2D eigenvalue weighted by atomic mass is 32.1. The molecule has 166 valence electrons. The molecule has 10 heteroatoms. The van der Waals surface area contributed by atoms with Crippen LogP contribution in [0.1, 0.15) is 24.8 Å². The summed E-state index contributed by atoms with van der Waals surface area (Å²) >= 11 is 5.49. The standard InChI is InChI=1S/C20H27F3N4O2S/c21-20(22,23)16-6-1-2-7-17(16)25-18(28)14-26-8-4-9-27(11-10-26)19(30)24-13-15-5-3-12-29-15/h1-2,6-7,15H,3-5,8-14H2,(H,24,30)(H,25,28). The molecular weight excluding hydrogens is 417 g/mol. The molecule has 2 aliphatic heterocycles. The van der Waals surface area contributed by atoms with E-state index >= 15 is 0 Å². The first kappa shape index (κ1) is 22.8. The van der Waals surface area contributed by atoms with Crippen LogP contribution in [0.4, 0.5) is 18.9 Å². The van der Waals surface area contributed by atoms with Crippen molar-refractivity contribution in [2.75, 3.05) is 51.2 Å². The Kier molecular flexibility index (Phi) is 7.90. The summed E-state index contributed by atoms with van der Waals surface area (Å²) in [4.78, 5) is 16.4. The van der Waals surface area contributed by atoms with Gasteiger partial charge in [0.1, 0.15) is 0 Å². The monoisotopic (exact) mass is 444 g/mol. The predicted molar refractivity (Wildman–Crippen MR) is 112 cm³/mol. The SMILES string of the molecule is O=C(CN1CCCN(C(=S)NCC2CCCO2)CC1)Nc1ccccc1C(F)(F)F. The Bertz CT molecular complexity index is 741. The number of alkyl halides is 3. The summed E-state index contributed by atoms with van der Waals surface area (Å²) in [5.74, 6) is -0.459. The molecule has 2 aliphatic rings. The first-order valence-corrected chi connectivity index (χ1v) is 10.6. The van der Waals surface area contributed by atoms with Crippen molar-refractivity contribution in [3.63, 3.8) is 0 Å². The van der Waals surface area contributed by atoms with Crippen molar-refractivity contribution >= 4 is 28.9 Å². The minimum absolute atomic E-state index is 0.0378. The van der Waals surface area contributed by atoms with Crippen LogP contribution in [-0.4, -0.2) is 72.8 Å². The number of nitrogens with one attached hydrogen (secondary N) is 2. The van der Waals surface area contributed by atoms with Crippen LogP contribution in [0.5, 0.6) is 0 Å². The molecule has 1 aromatic carbocycles. The zero-order valence-electron chi connectivity index (χ0n) is 16.7. The Morgan fingerprint density at radius 1 is 1.17 bits per heavy atom. The number of rotatable bonds is 5. The summed E-state index contributed by atoms with van der Waals surface area (Å²) in [5, 5.41) is 6.34. The minimum atomic E-state index is -4.51. The number of halogens is 3. The van der Waals surface area contributed by atoms with Gasteiger partial charge in [0.2, 0.25) is 5.91 Å². The fraction of sp³-hybridized carbons (Fsp3) is 0.600. The van der Waals surface area contributed by atoms with E-state index in [0.29, 0.717) is 31.3 Å². The van der Waals surface area contributed by atoms with Crippen LogP contribution < -0.4 is 10.6 Å². The number of carbonyl (C=O) groups excluding carboxylic acids is 1. The molecule has 1 atom stereocenters. The molecule has 30 heavy (non-hydrogen) atoms. The fourth-order valence-electron chi connectivity index (χ4n) is 3.68. The van der Waals surface area contributed by atoms with Crippen LogP contribution in [-0.2, 0) is 15.7 Å². The van der Waals surface area contributed by atoms with Gasteiger partial charge in [-0.2, -0.15) is 13.2 Å². The lowest BCUT2D eigenvalue weighted by Gasteiger charge is -2.25. The van der Waals surface area contributed by atoms with Gasteiger partial charge >= 0.3 is 6.18 Å². The van der Waals surface area contributed by atoms with Crippen molar-refractivity contribution in [1.29, 1.82) is 0 Å². The third-order valence-corrected chi connectivity index (χ3v) is 5.66. The number of nitrogens with zero attached hydrogens (tertiary/aromatic N) is 2. The van der Waals surface area contributed by atoms with Crippen LogP contribution in [0.15, 0.2) is 24.3 Å². The summed E-state index contributed by atoms with van der Waals surface area (Å²) in [7, 11) is 0. The van der Waals surface area contributed by atoms with Crippen LogP contribution in [0.25, 0.3) is 0 Å². The summed E-state index contributed by atoms with van der Waals surface area (Å²) in [6.07, 6.45) is -1.38. The molecule has 3 rings (SSSR count).